The molecule has 1 aromatic rings. The maximum Gasteiger partial charge on any atom is 0.196 e. The Morgan fingerprint density at radius 2 is 1.95 bits per heavy atom. The monoisotopic (exact) mass is 288 g/mol. The topological polar surface area (TPSA) is 72.8 Å². The lowest BCUT2D eigenvalue weighted by atomic mass is 9.78. The summed E-state index contributed by atoms with van der Waals surface area (Å²) in [5, 5.41) is 10.1. The Bertz CT molecular complexity index is 686. The molecule has 3 rings (SSSR count). The molecule has 0 radical (unpaired) electrons. The van der Waals surface area contributed by atoms with Crippen molar-refractivity contribution in [3.63, 3.8) is 0 Å². The maximum atomic E-state index is 12.7. The van der Waals surface area contributed by atoms with E-state index >= 15 is 0 Å². The average molecular weight is 288 g/mol. The summed E-state index contributed by atoms with van der Waals surface area (Å²) in [6.45, 7) is 3.62. The van der Waals surface area contributed by atoms with Crippen molar-refractivity contribution < 1.29 is 24.2 Å². The Kier molecular flexibility index (Phi) is 3.10. The highest BCUT2D eigenvalue weighted by Crippen LogP contribution is 2.40. The maximum absolute atomic E-state index is 12.7. The van der Waals surface area contributed by atoms with Crippen LogP contribution in [-0.2, 0) is 4.74 Å². The van der Waals surface area contributed by atoms with Gasteiger partial charge in [-0.2, -0.15) is 0 Å². The summed E-state index contributed by atoms with van der Waals surface area (Å²) in [5.41, 5.74) is 1.11. The van der Waals surface area contributed by atoms with E-state index in [2.05, 4.69) is 0 Å². The third-order valence-corrected chi connectivity index (χ3v) is 3.98. The van der Waals surface area contributed by atoms with Gasteiger partial charge in [0, 0.05) is 29.2 Å². The molecule has 0 saturated carbocycles. The number of methoxy groups -OCH3 is 1. The van der Waals surface area contributed by atoms with E-state index in [1.54, 1.807) is 6.92 Å². The van der Waals surface area contributed by atoms with Gasteiger partial charge in [0.25, 0.3) is 0 Å². The Labute approximate surface area is 122 Å². The van der Waals surface area contributed by atoms with Gasteiger partial charge in [-0.05, 0) is 19.9 Å². The molecule has 2 atom stereocenters. The lowest BCUT2D eigenvalue weighted by molar-refractivity contribution is 0.0148. The molecule has 110 valence electrons. The van der Waals surface area contributed by atoms with Crippen LogP contribution in [0, 0.1) is 0 Å². The summed E-state index contributed by atoms with van der Waals surface area (Å²) in [4.78, 5) is 25.3. The number of benzene rings is 1. The molecule has 5 nitrogen and oxygen atoms in total. The molecule has 1 aliphatic carbocycles. The number of Topliss-reactive ketones (excluding diaryl/α,β-unsaturated/α-hetero) is 2. The fraction of sp³-hybridized carbons (Fsp3) is 0.375. The molecule has 0 bridgehead atoms. The standard InChI is InChI=1S/C16H16O5/c1-7-4-10-13(8(2)21-7)16(19)14-11(15(10)18)5-9(20-3)6-12(14)17/h5-8,17H,4H2,1-3H3/t7-,8+/m0/s1. The van der Waals surface area contributed by atoms with Crippen LogP contribution in [0.15, 0.2) is 23.3 Å². The molecule has 1 N–H and O–H groups in total. The van der Waals surface area contributed by atoms with Crippen LogP contribution < -0.4 is 4.74 Å². The molecule has 0 aromatic heterocycles. The van der Waals surface area contributed by atoms with Crippen molar-refractivity contribution in [1.29, 1.82) is 0 Å². The Morgan fingerprint density at radius 1 is 1.24 bits per heavy atom. The van der Waals surface area contributed by atoms with Crippen molar-refractivity contribution in [2.45, 2.75) is 32.5 Å². The van der Waals surface area contributed by atoms with Gasteiger partial charge in [-0.1, -0.05) is 0 Å². The van der Waals surface area contributed by atoms with Crippen LogP contribution >= 0.6 is 0 Å². The Morgan fingerprint density at radius 3 is 2.62 bits per heavy atom. The molecule has 0 unspecified atom stereocenters. The second-order valence-corrected chi connectivity index (χ2v) is 5.41. The van der Waals surface area contributed by atoms with E-state index in [-0.39, 0.29) is 34.5 Å². The van der Waals surface area contributed by atoms with Crippen LogP contribution in [0.3, 0.4) is 0 Å². The van der Waals surface area contributed by atoms with Crippen molar-refractivity contribution in [2.75, 3.05) is 7.11 Å². The smallest absolute Gasteiger partial charge is 0.196 e. The van der Waals surface area contributed by atoms with Crippen LogP contribution in [0.4, 0.5) is 0 Å². The van der Waals surface area contributed by atoms with E-state index in [1.165, 1.54) is 19.2 Å². The molecule has 0 spiro atoms. The predicted molar refractivity (Wildman–Crippen MR) is 75.0 cm³/mol. The van der Waals surface area contributed by atoms with Crippen molar-refractivity contribution in [1.82, 2.24) is 0 Å². The first kappa shape index (κ1) is 13.8. The summed E-state index contributed by atoms with van der Waals surface area (Å²) in [5.74, 6) is -0.445. The van der Waals surface area contributed by atoms with Crippen LogP contribution in [-0.4, -0.2) is 36.0 Å². The molecule has 2 aliphatic rings. The number of hydrogen-bond donors (Lipinski definition) is 1. The number of carbonyl (C=O) groups excluding carboxylic acids is 2. The van der Waals surface area contributed by atoms with Crippen molar-refractivity contribution >= 4 is 11.6 Å². The number of ketones is 2. The van der Waals surface area contributed by atoms with Gasteiger partial charge >= 0.3 is 0 Å². The fourth-order valence-electron chi connectivity index (χ4n) is 3.08. The average Bonchev–Trinajstić information content (AvgIpc) is 2.43. The highest BCUT2D eigenvalue weighted by atomic mass is 16.5. The summed E-state index contributed by atoms with van der Waals surface area (Å²) in [7, 11) is 1.44. The van der Waals surface area contributed by atoms with Gasteiger partial charge in [0.1, 0.15) is 11.5 Å². The number of rotatable bonds is 1. The zero-order valence-corrected chi connectivity index (χ0v) is 12.1. The first-order valence-electron chi connectivity index (χ1n) is 6.83. The number of phenols is 1. The summed E-state index contributed by atoms with van der Waals surface area (Å²) in [6, 6.07) is 2.84. The van der Waals surface area contributed by atoms with Crippen molar-refractivity contribution in [3.05, 3.63) is 34.4 Å². The van der Waals surface area contributed by atoms with Gasteiger partial charge in [0.2, 0.25) is 0 Å². The third kappa shape index (κ3) is 1.96. The molecule has 1 aromatic carbocycles. The second kappa shape index (κ2) is 4.70. The number of aromatic hydroxyl groups is 1. The molecule has 21 heavy (non-hydrogen) atoms. The predicted octanol–water partition coefficient (Wildman–Crippen LogP) is 2.27. The number of carbonyl (C=O) groups is 2. The van der Waals surface area contributed by atoms with Gasteiger partial charge in [-0.25, -0.2) is 0 Å². The molecule has 0 saturated heterocycles. The van der Waals surface area contributed by atoms with Crippen LogP contribution in [0.1, 0.15) is 41.0 Å². The minimum atomic E-state index is -0.449. The molecular formula is C16H16O5. The van der Waals surface area contributed by atoms with Crippen LogP contribution in [0.25, 0.3) is 0 Å². The summed E-state index contributed by atoms with van der Waals surface area (Å²) >= 11 is 0. The van der Waals surface area contributed by atoms with Gasteiger partial charge in [0.05, 0.1) is 24.9 Å². The minimum Gasteiger partial charge on any atom is -0.507 e. The highest BCUT2D eigenvalue weighted by Gasteiger charge is 2.40. The molecule has 1 aliphatic heterocycles. The number of fused-ring (bicyclic) bond motifs is 1. The van der Waals surface area contributed by atoms with E-state index in [4.69, 9.17) is 9.47 Å². The molecule has 0 fully saturated rings. The lowest BCUT2D eigenvalue weighted by Crippen LogP contribution is -2.36. The van der Waals surface area contributed by atoms with Gasteiger partial charge in [-0.15, -0.1) is 0 Å². The van der Waals surface area contributed by atoms with Crippen LogP contribution in [0.5, 0.6) is 11.5 Å². The normalized spacial score (nSPS) is 24.7. The first-order valence-corrected chi connectivity index (χ1v) is 6.83. The third-order valence-electron chi connectivity index (χ3n) is 3.98. The summed E-state index contributed by atoms with van der Waals surface area (Å²) in [6.07, 6.45) is -0.159. The zero-order valence-electron chi connectivity index (χ0n) is 12.1. The minimum absolute atomic E-state index is 0.0459. The SMILES string of the molecule is COc1cc(O)c2c(c1)C(=O)C1=C(C2=O)[C@@H](C)O[C@@H](C)C1. The molecular weight excluding hydrogens is 272 g/mol. The Balaban J connectivity index is 2.23. The van der Waals surface area contributed by atoms with Crippen molar-refractivity contribution in [3.8, 4) is 11.5 Å². The quantitative estimate of drug-likeness (QED) is 0.858. The van der Waals surface area contributed by atoms with E-state index in [0.717, 1.165) is 0 Å². The Hall–Kier alpha value is -2.14. The van der Waals surface area contributed by atoms with Gasteiger partial charge in [-0.3, -0.25) is 9.59 Å². The summed E-state index contributed by atoms with van der Waals surface area (Å²) < 4.78 is 10.7. The van der Waals surface area contributed by atoms with E-state index in [0.29, 0.717) is 23.3 Å². The van der Waals surface area contributed by atoms with E-state index in [9.17, 15) is 14.7 Å². The van der Waals surface area contributed by atoms with Crippen LogP contribution in [0.2, 0.25) is 0 Å². The first-order chi connectivity index (χ1) is 9.93. The van der Waals surface area contributed by atoms with E-state index in [1.807, 2.05) is 6.92 Å². The van der Waals surface area contributed by atoms with Gasteiger partial charge in [0.15, 0.2) is 11.6 Å². The second-order valence-electron chi connectivity index (χ2n) is 5.41. The fourth-order valence-corrected chi connectivity index (χ4v) is 3.08. The number of ether oxygens (including phenoxy) is 2. The van der Waals surface area contributed by atoms with E-state index < -0.39 is 6.10 Å². The zero-order chi connectivity index (χ0) is 15.3. The number of hydrogen-bond acceptors (Lipinski definition) is 5. The largest absolute Gasteiger partial charge is 0.507 e. The number of phenolic OH excluding ortho intramolecular Hbond substituents is 1. The molecule has 0 amide bonds. The highest BCUT2D eigenvalue weighted by molar-refractivity contribution is 6.28. The molecule has 5 heteroatoms. The van der Waals surface area contributed by atoms with Crippen molar-refractivity contribution in [2.24, 2.45) is 0 Å². The van der Waals surface area contributed by atoms with Gasteiger partial charge < -0.3 is 14.6 Å². The lowest BCUT2D eigenvalue weighted by Gasteiger charge is -2.32. The molecule has 1 heterocycles.